The second-order valence-corrected chi connectivity index (χ2v) is 7.74. The molecular weight excluding hydrogens is 324 g/mol. The molecule has 0 fully saturated rings. The summed E-state index contributed by atoms with van der Waals surface area (Å²) < 4.78 is 33.0. The monoisotopic (exact) mass is 342 g/mol. The third-order valence-corrected chi connectivity index (χ3v) is 6.03. The number of sulfonamides is 1. The Morgan fingerprint density at radius 1 is 1.08 bits per heavy atom. The van der Waals surface area contributed by atoms with Crippen LogP contribution in [0.5, 0.6) is 5.75 Å². The lowest BCUT2D eigenvalue weighted by Gasteiger charge is -2.13. The van der Waals surface area contributed by atoms with E-state index in [2.05, 4.69) is 15.8 Å². The SMILES string of the molecule is COc1ccc(S(=O)(=O)NC2Cc3[nH]c4ccccc4c3C2)cc1. The van der Waals surface area contributed by atoms with E-state index in [0.717, 1.165) is 11.2 Å². The second-order valence-electron chi connectivity index (χ2n) is 6.03. The number of benzene rings is 2. The van der Waals surface area contributed by atoms with E-state index < -0.39 is 10.0 Å². The van der Waals surface area contributed by atoms with Crippen LogP contribution in [-0.4, -0.2) is 26.6 Å². The minimum absolute atomic E-state index is 0.122. The van der Waals surface area contributed by atoms with E-state index in [1.807, 2.05) is 18.2 Å². The van der Waals surface area contributed by atoms with Gasteiger partial charge in [-0.05, 0) is 42.3 Å². The zero-order chi connectivity index (χ0) is 16.7. The Bertz CT molecular complexity index is 991. The van der Waals surface area contributed by atoms with Crippen molar-refractivity contribution in [2.24, 2.45) is 0 Å². The highest BCUT2D eigenvalue weighted by molar-refractivity contribution is 7.89. The maximum Gasteiger partial charge on any atom is 0.240 e. The quantitative estimate of drug-likeness (QED) is 0.766. The Kier molecular flexibility index (Phi) is 3.58. The number of fused-ring (bicyclic) bond motifs is 3. The van der Waals surface area contributed by atoms with Crippen LogP contribution in [-0.2, 0) is 22.9 Å². The molecule has 0 spiro atoms. The van der Waals surface area contributed by atoms with Crippen molar-refractivity contribution < 1.29 is 13.2 Å². The molecule has 0 saturated carbocycles. The molecule has 1 atom stereocenters. The van der Waals surface area contributed by atoms with Gasteiger partial charge in [0.2, 0.25) is 10.0 Å². The van der Waals surface area contributed by atoms with Gasteiger partial charge in [-0.15, -0.1) is 0 Å². The predicted molar refractivity (Wildman–Crippen MR) is 92.8 cm³/mol. The van der Waals surface area contributed by atoms with Gasteiger partial charge in [0.15, 0.2) is 0 Å². The van der Waals surface area contributed by atoms with Gasteiger partial charge >= 0.3 is 0 Å². The molecule has 1 aromatic heterocycles. The number of aromatic nitrogens is 1. The zero-order valence-corrected chi connectivity index (χ0v) is 14.1. The number of aromatic amines is 1. The predicted octanol–water partition coefficient (Wildman–Crippen LogP) is 2.62. The zero-order valence-electron chi connectivity index (χ0n) is 13.2. The van der Waals surface area contributed by atoms with Gasteiger partial charge in [-0.1, -0.05) is 18.2 Å². The lowest BCUT2D eigenvalue weighted by Crippen LogP contribution is -2.35. The van der Waals surface area contributed by atoms with Gasteiger partial charge in [0.25, 0.3) is 0 Å². The summed E-state index contributed by atoms with van der Waals surface area (Å²) in [6.07, 6.45) is 1.38. The molecule has 6 heteroatoms. The molecular formula is C18H18N2O3S. The van der Waals surface area contributed by atoms with Crippen molar-refractivity contribution in [3.63, 3.8) is 0 Å². The Hall–Kier alpha value is -2.31. The molecule has 2 aromatic carbocycles. The number of hydrogen-bond donors (Lipinski definition) is 2. The summed E-state index contributed by atoms with van der Waals surface area (Å²) in [4.78, 5) is 3.65. The fraction of sp³-hybridized carbons (Fsp3) is 0.222. The third-order valence-electron chi connectivity index (χ3n) is 4.49. The lowest BCUT2D eigenvalue weighted by molar-refractivity contribution is 0.414. The van der Waals surface area contributed by atoms with Crippen LogP contribution >= 0.6 is 0 Å². The number of H-pyrrole nitrogens is 1. The second kappa shape index (κ2) is 5.65. The molecule has 124 valence electrons. The topological polar surface area (TPSA) is 71.2 Å². The van der Waals surface area contributed by atoms with Gasteiger partial charge in [-0.3, -0.25) is 0 Å². The van der Waals surface area contributed by atoms with Crippen LogP contribution in [0.2, 0.25) is 0 Å². The molecule has 0 amide bonds. The molecule has 24 heavy (non-hydrogen) atoms. The maximum absolute atomic E-state index is 12.6. The summed E-state index contributed by atoms with van der Waals surface area (Å²) in [7, 11) is -1.98. The van der Waals surface area contributed by atoms with Gasteiger partial charge in [0.1, 0.15) is 5.75 Å². The summed E-state index contributed by atoms with van der Waals surface area (Å²) >= 11 is 0. The van der Waals surface area contributed by atoms with E-state index in [4.69, 9.17) is 4.74 Å². The number of ether oxygens (including phenoxy) is 1. The fourth-order valence-corrected chi connectivity index (χ4v) is 4.59. The highest BCUT2D eigenvalue weighted by Crippen LogP contribution is 2.30. The number of para-hydroxylation sites is 1. The normalized spacial score (nSPS) is 17.1. The first kappa shape index (κ1) is 15.2. The van der Waals surface area contributed by atoms with Gasteiger partial charge in [-0.2, -0.15) is 0 Å². The Morgan fingerprint density at radius 3 is 2.58 bits per heavy atom. The number of nitrogens with one attached hydrogen (secondary N) is 2. The lowest BCUT2D eigenvalue weighted by atomic mass is 10.1. The summed E-state index contributed by atoms with van der Waals surface area (Å²) in [5.74, 6) is 0.635. The van der Waals surface area contributed by atoms with Crippen molar-refractivity contribution in [3.05, 3.63) is 59.8 Å². The van der Waals surface area contributed by atoms with Crippen molar-refractivity contribution in [1.29, 1.82) is 0 Å². The summed E-state index contributed by atoms with van der Waals surface area (Å²) in [5.41, 5.74) is 3.45. The summed E-state index contributed by atoms with van der Waals surface area (Å²) in [6.45, 7) is 0. The van der Waals surface area contributed by atoms with E-state index in [9.17, 15) is 8.42 Å². The Balaban J connectivity index is 1.55. The molecule has 1 aliphatic rings. The average molecular weight is 342 g/mol. The fourth-order valence-electron chi connectivity index (χ4n) is 3.35. The molecule has 3 aromatic rings. The molecule has 2 N–H and O–H groups in total. The van der Waals surface area contributed by atoms with Crippen molar-refractivity contribution in [3.8, 4) is 5.75 Å². The molecule has 4 rings (SSSR count). The standard InChI is InChI=1S/C18H18N2O3S/c1-23-13-6-8-14(9-7-13)24(21,22)20-12-10-16-15-4-2-3-5-17(15)19-18(16)11-12/h2-9,12,19-20H,10-11H2,1H3. The number of methoxy groups -OCH3 is 1. The first-order valence-corrected chi connectivity index (χ1v) is 9.30. The van der Waals surface area contributed by atoms with Crippen LogP contribution in [0.25, 0.3) is 10.9 Å². The van der Waals surface area contributed by atoms with E-state index in [0.29, 0.717) is 18.6 Å². The van der Waals surface area contributed by atoms with E-state index >= 15 is 0 Å². The first-order chi connectivity index (χ1) is 11.6. The van der Waals surface area contributed by atoms with Crippen molar-refractivity contribution in [2.45, 2.75) is 23.8 Å². The largest absolute Gasteiger partial charge is 0.497 e. The molecule has 0 radical (unpaired) electrons. The van der Waals surface area contributed by atoms with Crippen LogP contribution in [0.15, 0.2) is 53.4 Å². The van der Waals surface area contributed by atoms with Crippen molar-refractivity contribution >= 4 is 20.9 Å². The maximum atomic E-state index is 12.6. The van der Waals surface area contributed by atoms with Crippen LogP contribution < -0.4 is 9.46 Å². The van der Waals surface area contributed by atoms with Gasteiger partial charge in [0.05, 0.1) is 12.0 Å². The van der Waals surface area contributed by atoms with Crippen molar-refractivity contribution in [2.75, 3.05) is 7.11 Å². The Labute approximate surface area is 140 Å². The van der Waals surface area contributed by atoms with Crippen LogP contribution in [0.3, 0.4) is 0 Å². The van der Waals surface area contributed by atoms with Gasteiger partial charge in [0, 0.05) is 29.1 Å². The van der Waals surface area contributed by atoms with E-state index in [1.54, 1.807) is 31.4 Å². The third kappa shape index (κ3) is 2.57. The van der Waals surface area contributed by atoms with Gasteiger partial charge < -0.3 is 9.72 Å². The number of hydrogen-bond acceptors (Lipinski definition) is 3. The van der Waals surface area contributed by atoms with Crippen LogP contribution in [0, 0.1) is 0 Å². The first-order valence-electron chi connectivity index (χ1n) is 7.81. The molecule has 0 saturated heterocycles. The molecule has 1 heterocycles. The molecule has 5 nitrogen and oxygen atoms in total. The summed E-state index contributed by atoms with van der Waals surface area (Å²) in [5, 5.41) is 1.18. The molecule has 1 unspecified atom stereocenters. The van der Waals surface area contributed by atoms with Crippen molar-refractivity contribution in [1.82, 2.24) is 9.71 Å². The van der Waals surface area contributed by atoms with Crippen LogP contribution in [0.1, 0.15) is 11.3 Å². The Morgan fingerprint density at radius 2 is 1.83 bits per heavy atom. The number of rotatable bonds is 4. The smallest absolute Gasteiger partial charge is 0.240 e. The summed E-state index contributed by atoms with van der Waals surface area (Å²) in [6, 6.07) is 14.4. The van der Waals surface area contributed by atoms with Gasteiger partial charge in [-0.25, -0.2) is 13.1 Å². The molecule has 0 aliphatic heterocycles. The van der Waals surface area contributed by atoms with E-state index in [1.165, 1.54) is 10.9 Å². The highest BCUT2D eigenvalue weighted by Gasteiger charge is 2.29. The van der Waals surface area contributed by atoms with E-state index in [-0.39, 0.29) is 10.9 Å². The minimum atomic E-state index is -3.54. The molecule has 0 bridgehead atoms. The van der Waals surface area contributed by atoms with Crippen LogP contribution in [0.4, 0.5) is 0 Å². The average Bonchev–Trinajstić information content (AvgIpc) is 3.11. The highest BCUT2D eigenvalue weighted by atomic mass is 32.2. The minimum Gasteiger partial charge on any atom is -0.497 e. The molecule has 1 aliphatic carbocycles.